The molecule has 3 aliphatic carbocycles. The number of carbonyl (C=O) groups excluding carboxylic acids is 1. The van der Waals surface area contributed by atoms with Gasteiger partial charge in [-0.1, -0.05) is 24.8 Å². The number of aliphatic hydroxyl groups is 2. The van der Waals surface area contributed by atoms with Gasteiger partial charge in [0.15, 0.2) is 0 Å². The fourth-order valence-corrected chi connectivity index (χ4v) is 5.84. The Bertz CT molecular complexity index is 772. The fraction of sp³-hybridized carbons (Fsp3) is 0.591. The van der Waals surface area contributed by atoms with Crippen molar-refractivity contribution >= 4 is 5.97 Å². The molecule has 0 aliphatic heterocycles. The minimum absolute atomic E-state index is 0.0470. The van der Waals surface area contributed by atoms with E-state index in [1.54, 1.807) is 0 Å². The van der Waals surface area contributed by atoms with E-state index < -0.39 is 5.60 Å². The molecule has 2 saturated carbocycles. The predicted octanol–water partition coefficient (Wildman–Crippen LogP) is 2.59. The number of esters is 1. The maximum absolute atomic E-state index is 13.2. The van der Waals surface area contributed by atoms with Crippen molar-refractivity contribution in [2.45, 2.75) is 50.0 Å². The van der Waals surface area contributed by atoms with Gasteiger partial charge < -0.3 is 19.7 Å². The van der Waals surface area contributed by atoms with E-state index in [2.05, 4.69) is 18.7 Å². The van der Waals surface area contributed by atoms with Crippen LogP contribution < -0.4 is 0 Å². The van der Waals surface area contributed by atoms with Crippen molar-refractivity contribution < 1.29 is 24.5 Å². The van der Waals surface area contributed by atoms with Crippen LogP contribution in [0.15, 0.2) is 30.4 Å². The van der Waals surface area contributed by atoms with Gasteiger partial charge in [0.2, 0.25) is 0 Å². The van der Waals surface area contributed by atoms with Gasteiger partial charge >= 0.3 is 5.97 Å². The molecular formula is C22H28O5. The maximum Gasteiger partial charge on any atom is 0.314 e. The Balaban J connectivity index is 1.66. The normalized spacial score (nSPS) is 33.7. The first-order valence-corrected chi connectivity index (χ1v) is 9.78. The second-order valence-electron chi connectivity index (χ2n) is 8.33. The third-order valence-electron chi connectivity index (χ3n) is 6.90. The minimum atomic E-state index is -0.852. The van der Waals surface area contributed by atoms with E-state index in [0.717, 1.165) is 23.1 Å². The molecule has 2 N–H and O–H groups in total. The van der Waals surface area contributed by atoms with E-state index in [4.69, 9.17) is 14.6 Å². The maximum atomic E-state index is 13.2. The van der Waals surface area contributed by atoms with Crippen LogP contribution in [-0.2, 0) is 14.3 Å². The predicted molar refractivity (Wildman–Crippen MR) is 101 cm³/mol. The van der Waals surface area contributed by atoms with E-state index in [-0.39, 0.29) is 49.6 Å². The molecule has 1 spiro atoms. The van der Waals surface area contributed by atoms with Gasteiger partial charge in [-0.05, 0) is 60.8 Å². The van der Waals surface area contributed by atoms with Gasteiger partial charge in [-0.15, -0.1) is 0 Å². The van der Waals surface area contributed by atoms with Crippen LogP contribution in [0.25, 0.3) is 0 Å². The number of hydrogen-bond acceptors (Lipinski definition) is 5. The highest BCUT2D eigenvalue weighted by atomic mass is 16.6. The summed E-state index contributed by atoms with van der Waals surface area (Å²) in [6.07, 6.45) is 2.83. The summed E-state index contributed by atoms with van der Waals surface area (Å²) in [7, 11) is 0. The molecule has 4 rings (SSSR count). The minimum Gasteiger partial charge on any atom is -0.463 e. The van der Waals surface area contributed by atoms with E-state index in [1.165, 1.54) is 5.56 Å². The molecule has 0 heterocycles. The topological polar surface area (TPSA) is 76.0 Å². The lowest BCUT2D eigenvalue weighted by Crippen LogP contribution is -2.40. The second-order valence-corrected chi connectivity index (χ2v) is 8.33. The summed E-state index contributed by atoms with van der Waals surface area (Å²) in [6, 6.07) is 6.24. The molecule has 0 radical (unpaired) electrons. The Morgan fingerprint density at radius 1 is 1.33 bits per heavy atom. The van der Waals surface area contributed by atoms with Crippen molar-refractivity contribution in [2.24, 2.45) is 5.41 Å². The molecule has 2 fully saturated rings. The summed E-state index contributed by atoms with van der Waals surface area (Å²) < 4.78 is 10.8. The zero-order chi connectivity index (χ0) is 19.2. The first-order valence-electron chi connectivity index (χ1n) is 9.78. The largest absolute Gasteiger partial charge is 0.463 e. The van der Waals surface area contributed by atoms with Crippen molar-refractivity contribution in [1.29, 1.82) is 0 Å². The number of ether oxygens (including phenoxy) is 2. The van der Waals surface area contributed by atoms with Crippen LogP contribution >= 0.6 is 0 Å². The van der Waals surface area contributed by atoms with Crippen molar-refractivity contribution in [1.82, 2.24) is 0 Å². The van der Waals surface area contributed by atoms with E-state index >= 15 is 0 Å². The number of rotatable bonds is 6. The third kappa shape index (κ3) is 2.75. The Morgan fingerprint density at radius 3 is 2.93 bits per heavy atom. The summed E-state index contributed by atoms with van der Waals surface area (Å²) in [4.78, 5) is 13.2. The Morgan fingerprint density at radius 2 is 2.15 bits per heavy atom. The van der Waals surface area contributed by atoms with Crippen LogP contribution in [0.3, 0.4) is 0 Å². The molecule has 0 amide bonds. The number of benzene rings is 1. The van der Waals surface area contributed by atoms with Gasteiger partial charge in [-0.2, -0.15) is 0 Å². The Kier molecular flexibility index (Phi) is 4.65. The Hall–Kier alpha value is -1.69. The van der Waals surface area contributed by atoms with Crippen molar-refractivity contribution in [2.75, 3.05) is 26.4 Å². The molecule has 5 heteroatoms. The molecule has 1 aromatic rings. The molecule has 146 valence electrons. The lowest BCUT2D eigenvalue weighted by atomic mass is 9.63. The first-order chi connectivity index (χ1) is 12.9. The molecule has 2 bridgehead atoms. The van der Waals surface area contributed by atoms with Crippen LogP contribution in [0.4, 0.5) is 0 Å². The number of fused-ring (bicyclic) bond motifs is 3. The summed E-state index contributed by atoms with van der Waals surface area (Å²) in [5.74, 6) is -0.350. The highest BCUT2D eigenvalue weighted by molar-refractivity contribution is 5.83. The summed E-state index contributed by atoms with van der Waals surface area (Å²) in [6.45, 7) is 6.83. The van der Waals surface area contributed by atoms with Crippen molar-refractivity contribution in [3.05, 3.63) is 47.0 Å². The first kappa shape index (κ1) is 18.7. The number of carbonyl (C=O) groups is 1. The molecule has 4 atom stereocenters. The van der Waals surface area contributed by atoms with Gasteiger partial charge in [0.25, 0.3) is 0 Å². The van der Waals surface area contributed by atoms with Crippen LogP contribution in [0.5, 0.6) is 0 Å². The molecule has 27 heavy (non-hydrogen) atoms. The van der Waals surface area contributed by atoms with Crippen molar-refractivity contribution in [3.63, 3.8) is 0 Å². The van der Waals surface area contributed by atoms with E-state index in [1.807, 2.05) is 13.0 Å². The monoisotopic (exact) mass is 372 g/mol. The molecular weight excluding hydrogens is 344 g/mol. The smallest absolute Gasteiger partial charge is 0.314 e. The number of hydrogen-bond donors (Lipinski definition) is 2. The lowest BCUT2D eigenvalue weighted by Gasteiger charge is -2.41. The summed E-state index contributed by atoms with van der Waals surface area (Å²) in [5.41, 5.74) is 3.11. The molecule has 3 aliphatic rings. The SMILES string of the molecule is C=C1CC23CC1(O)CCC2c1cccc(C)c1C3C(=O)OCCOCCO. The summed E-state index contributed by atoms with van der Waals surface area (Å²) >= 11 is 0. The fourth-order valence-electron chi connectivity index (χ4n) is 5.84. The standard InChI is InChI=1S/C22H28O5/c1-14-4-3-5-16-17-6-7-22(25)13-21(17,12-15(22)2)19(18(14)16)20(24)27-11-10-26-9-8-23/h3-5,17,19,23,25H,2,6-13H2,1H3. The zero-order valence-corrected chi connectivity index (χ0v) is 15.9. The highest BCUT2D eigenvalue weighted by Crippen LogP contribution is 2.71. The lowest BCUT2D eigenvalue weighted by molar-refractivity contribution is -0.151. The molecule has 1 aromatic carbocycles. The van der Waals surface area contributed by atoms with Crippen LogP contribution in [0.2, 0.25) is 0 Å². The third-order valence-corrected chi connectivity index (χ3v) is 6.90. The van der Waals surface area contributed by atoms with Gasteiger partial charge in [-0.3, -0.25) is 4.79 Å². The second kappa shape index (κ2) is 6.73. The van der Waals surface area contributed by atoms with Crippen LogP contribution in [0.1, 0.15) is 54.2 Å². The van der Waals surface area contributed by atoms with Gasteiger partial charge in [0, 0.05) is 5.41 Å². The van der Waals surface area contributed by atoms with Gasteiger partial charge in [0.1, 0.15) is 6.61 Å². The van der Waals surface area contributed by atoms with Crippen molar-refractivity contribution in [3.8, 4) is 0 Å². The highest BCUT2D eigenvalue weighted by Gasteiger charge is 2.66. The number of aryl methyl sites for hydroxylation is 1. The molecule has 4 unspecified atom stereocenters. The van der Waals surface area contributed by atoms with E-state index in [0.29, 0.717) is 19.3 Å². The van der Waals surface area contributed by atoms with Crippen LogP contribution in [0, 0.1) is 12.3 Å². The average Bonchev–Trinajstić information content (AvgIpc) is 3.02. The Labute approximate surface area is 160 Å². The average molecular weight is 372 g/mol. The quantitative estimate of drug-likeness (QED) is 0.456. The number of aliphatic hydroxyl groups excluding tert-OH is 1. The zero-order valence-electron chi connectivity index (χ0n) is 15.9. The summed E-state index contributed by atoms with van der Waals surface area (Å²) in [5, 5.41) is 19.8. The molecule has 5 nitrogen and oxygen atoms in total. The van der Waals surface area contributed by atoms with Gasteiger partial charge in [-0.25, -0.2) is 0 Å². The molecule has 0 saturated heterocycles. The van der Waals surface area contributed by atoms with Crippen LogP contribution in [-0.4, -0.2) is 48.2 Å². The van der Waals surface area contributed by atoms with E-state index in [9.17, 15) is 9.90 Å². The van der Waals surface area contributed by atoms with Gasteiger partial charge in [0.05, 0.1) is 31.3 Å². The molecule has 0 aromatic heterocycles.